The Kier molecular flexibility index (Phi) is 6.91. The summed E-state index contributed by atoms with van der Waals surface area (Å²) in [5, 5.41) is 3.42. The lowest BCUT2D eigenvalue weighted by atomic mass is 10.1. The molecule has 0 aliphatic rings. The lowest BCUT2D eigenvalue weighted by Gasteiger charge is -2.17. The molecule has 1 rings (SSSR count). The summed E-state index contributed by atoms with van der Waals surface area (Å²) in [4.78, 5) is 2.42. The van der Waals surface area contributed by atoms with E-state index in [0.29, 0.717) is 0 Å². The Morgan fingerprint density at radius 2 is 1.94 bits per heavy atom. The quantitative estimate of drug-likeness (QED) is 0.716. The van der Waals surface area contributed by atoms with Crippen LogP contribution in [0.3, 0.4) is 0 Å². The average molecular weight is 252 g/mol. The summed E-state index contributed by atoms with van der Waals surface area (Å²) >= 11 is 0. The fraction of sp³-hybridized carbons (Fsp3) is 0.600. The molecule has 102 valence electrons. The highest BCUT2D eigenvalue weighted by atomic mass is 19.1. The largest absolute Gasteiger partial charge is 0.313 e. The van der Waals surface area contributed by atoms with Crippen LogP contribution in [0.2, 0.25) is 0 Å². The lowest BCUT2D eigenvalue weighted by Crippen LogP contribution is -2.27. The number of halogens is 1. The van der Waals surface area contributed by atoms with Gasteiger partial charge in [-0.05, 0) is 62.8 Å². The predicted octanol–water partition coefficient (Wildman–Crippen LogP) is 2.96. The second kappa shape index (κ2) is 8.22. The van der Waals surface area contributed by atoms with E-state index in [9.17, 15) is 4.39 Å². The zero-order valence-corrected chi connectivity index (χ0v) is 11.8. The van der Waals surface area contributed by atoms with Crippen molar-refractivity contribution in [1.82, 2.24) is 10.2 Å². The molecule has 0 radical (unpaired) electrons. The third-order valence-corrected chi connectivity index (χ3v) is 3.34. The third-order valence-electron chi connectivity index (χ3n) is 3.34. The molecule has 1 aromatic rings. The van der Waals surface area contributed by atoms with E-state index in [1.165, 1.54) is 11.6 Å². The highest BCUT2D eigenvalue weighted by molar-refractivity contribution is 5.26. The highest BCUT2D eigenvalue weighted by Crippen LogP contribution is 2.09. The molecule has 0 unspecified atom stereocenters. The van der Waals surface area contributed by atoms with Crippen molar-refractivity contribution in [2.75, 3.05) is 26.2 Å². The van der Waals surface area contributed by atoms with Gasteiger partial charge in [0.25, 0.3) is 0 Å². The van der Waals surface area contributed by atoms with E-state index >= 15 is 0 Å². The van der Waals surface area contributed by atoms with Gasteiger partial charge in [-0.1, -0.05) is 19.9 Å². The summed E-state index contributed by atoms with van der Waals surface area (Å²) in [7, 11) is 0. The number of nitrogens with one attached hydrogen (secondary N) is 1. The number of hydrogen-bond donors (Lipinski definition) is 1. The smallest absolute Gasteiger partial charge is 0.123 e. The van der Waals surface area contributed by atoms with Crippen molar-refractivity contribution >= 4 is 0 Å². The van der Waals surface area contributed by atoms with Crippen LogP contribution in [0, 0.1) is 12.7 Å². The molecule has 0 bridgehead atoms. The van der Waals surface area contributed by atoms with Crippen LogP contribution in [0.4, 0.5) is 4.39 Å². The molecule has 0 aliphatic heterocycles. The summed E-state index contributed by atoms with van der Waals surface area (Å²) in [5.74, 6) is -0.155. The minimum atomic E-state index is -0.155. The fourth-order valence-corrected chi connectivity index (χ4v) is 2.05. The lowest BCUT2D eigenvalue weighted by molar-refractivity contribution is 0.298. The Labute approximate surface area is 110 Å². The highest BCUT2D eigenvalue weighted by Gasteiger charge is 2.00. The predicted molar refractivity (Wildman–Crippen MR) is 75.2 cm³/mol. The van der Waals surface area contributed by atoms with Crippen LogP contribution in [-0.4, -0.2) is 31.1 Å². The number of nitrogens with zero attached hydrogens (tertiary/aromatic N) is 1. The van der Waals surface area contributed by atoms with Crippen molar-refractivity contribution in [3.8, 4) is 0 Å². The van der Waals surface area contributed by atoms with Crippen molar-refractivity contribution in [1.29, 1.82) is 0 Å². The van der Waals surface area contributed by atoms with Gasteiger partial charge in [0.15, 0.2) is 0 Å². The molecule has 0 atom stereocenters. The number of hydrogen-bond acceptors (Lipinski definition) is 2. The Hall–Kier alpha value is -0.930. The first-order valence-electron chi connectivity index (χ1n) is 6.85. The Bertz CT molecular complexity index is 348. The summed E-state index contributed by atoms with van der Waals surface area (Å²) in [5.41, 5.74) is 2.20. The maximum absolute atomic E-state index is 12.9. The third kappa shape index (κ3) is 5.15. The SMILES string of the molecule is CCN(CC)CCCNCc1ccc(F)cc1C. The first kappa shape index (κ1) is 15.1. The van der Waals surface area contributed by atoms with Crippen LogP contribution < -0.4 is 5.32 Å². The van der Waals surface area contributed by atoms with Crippen molar-refractivity contribution < 1.29 is 4.39 Å². The summed E-state index contributed by atoms with van der Waals surface area (Å²) in [6, 6.07) is 4.98. The van der Waals surface area contributed by atoms with Crippen LogP contribution in [0.25, 0.3) is 0 Å². The molecule has 0 amide bonds. The number of aryl methyl sites for hydroxylation is 1. The van der Waals surface area contributed by atoms with Gasteiger partial charge < -0.3 is 10.2 Å². The molecule has 0 saturated heterocycles. The van der Waals surface area contributed by atoms with Crippen molar-refractivity contribution in [3.05, 3.63) is 35.1 Å². The summed E-state index contributed by atoms with van der Waals surface area (Å²) in [6.45, 7) is 11.6. The van der Waals surface area contributed by atoms with E-state index in [1.807, 2.05) is 13.0 Å². The molecule has 0 aliphatic carbocycles. The summed E-state index contributed by atoms with van der Waals surface area (Å²) < 4.78 is 12.9. The zero-order chi connectivity index (χ0) is 13.4. The molecule has 1 N–H and O–H groups in total. The molecule has 3 heteroatoms. The van der Waals surface area contributed by atoms with Gasteiger partial charge in [0, 0.05) is 6.54 Å². The van der Waals surface area contributed by atoms with E-state index in [4.69, 9.17) is 0 Å². The first-order valence-corrected chi connectivity index (χ1v) is 6.85. The minimum absolute atomic E-state index is 0.155. The van der Waals surface area contributed by atoms with E-state index < -0.39 is 0 Å². The van der Waals surface area contributed by atoms with E-state index in [0.717, 1.165) is 44.7 Å². The Morgan fingerprint density at radius 3 is 2.56 bits per heavy atom. The molecule has 1 aromatic carbocycles. The molecule has 2 nitrogen and oxygen atoms in total. The van der Waals surface area contributed by atoms with E-state index in [-0.39, 0.29) is 5.82 Å². The van der Waals surface area contributed by atoms with E-state index in [1.54, 1.807) is 6.07 Å². The van der Waals surface area contributed by atoms with Gasteiger partial charge in [-0.2, -0.15) is 0 Å². The van der Waals surface area contributed by atoms with Gasteiger partial charge in [-0.3, -0.25) is 0 Å². The normalized spacial score (nSPS) is 11.2. The van der Waals surface area contributed by atoms with Gasteiger partial charge in [-0.25, -0.2) is 4.39 Å². The first-order chi connectivity index (χ1) is 8.67. The molecule has 18 heavy (non-hydrogen) atoms. The second-order valence-electron chi connectivity index (χ2n) is 4.63. The molecular formula is C15H25FN2. The van der Waals surface area contributed by atoms with Gasteiger partial charge in [0.2, 0.25) is 0 Å². The maximum atomic E-state index is 12.9. The molecule has 0 spiro atoms. The van der Waals surface area contributed by atoms with Crippen LogP contribution in [-0.2, 0) is 6.54 Å². The molecule has 0 saturated carbocycles. The monoisotopic (exact) mass is 252 g/mol. The van der Waals surface area contributed by atoms with Gasteiger partial charge >= 0.3 is 0 Å². The average Bonchev–Trinajstić information content (AvgIpc) is 2.36. The second-order valence-corrected chi connectivity index (χ2v) is 4.63. The van der Waals surface area contributed by atoms with Crippen molar-refractivity contribution in [3.63, 3.8) is 0 Å². The van der Waals surface area contributed by atoms with Crippen molar-refractivity contribution in [2.45, 2.75) is 33.7 Å². The van der Waals surface area contributed by atoms with Gasteiger partial charge in [0.05, 0.1) is 0 Å². The number of rotatable bonds is 8. The Balaban J connectivity index is 2.21. The van der Waals surface area contributed by atoms with Gasteiger partial charge in [0.1, 0.15) is 5.82 Å². The molecule has 0 aromatic heterocycles. The van der Waals surface area contributed by atoms with Crippen molar-refractivity contribution in [2.24, 2.45) is 0 Å². The topological polar surface area (TPSA) is 15.3 Å². The number of benzene rings is 1. The van der Waals surface area contributed by atoms with Crippen LogP contribution in [0.15, 0.2) is 18.2 Å². The van der Waals surface area contributed by atoms with Crippen LogP contribution >= 0.6 is 0 Å². The molecular weight excluding hydrogens is 227 g/mol. The van der Waals surface area contributed by atoms with Gasteiger partial charge in [-0.15, -0.1) is 0 Å². The van der Waals surface area contributed by atoms with Crippen LogP contribution in [0.5, 0.6) is 0 Å². The Morgan fingerprint density at radius 1 is 1.22 bits per heavy atom. The molecule has 0 heterocycles. The van der Waals surface area contributed by atoms with Crippen LogP contribution in [0.1, 0.15) is 31.4 Å². The van der Waals surface area contributed by atoms with E-state index in [2.05, 4.69) is 24.1 Å². The zero-order valence-electron chi connectivity index (χ0n) is 11.8. The summed E-state index contributed by atoms with van der Waals surface area (Å²) in [6.07, 6.45) is 1.15. The minimum Gasteiger partial charge on any atom is -0.313 e. The maximum Gasteiger partial charge on any atom is 0.123 e. The fourth-order valence-electron chi connectivity index (χ4n) is 2.05. The molecule has 0 fully saturated rings. The standard InChI is InChI=1S/C15H25FN2/c1-4-18(5-2)10-6-9-17-12-14-7-8-15(16)11-13(14)3/h7-8,11,17H,4-6,9-10,12H2,1-3H3.